The number of nitrogens with zero attached hydrogens (tertiary/aromatic N) is 1. The van der Waals surface area contributed by atoms with Crippen LogP contribution in [0, 0.1) is 5.41 Å². The van der Waals surface area contributed by atoms with Gasteiger partial charge in [0.05, 0.1) is 0 Å². The molecule has 1 amide bonds. The van der Waals surface area contributed by atoms with Crippen molar-refractivity contribution in [1.82, 2.24) is 10.2 Å². The Bertz CT molecular complexity index is 192. The number of unbranched alkanes of at least 4 members (excludes halogenated alkanes) is 1. The first kappa shape index (κ1) is 8.99. The smallest absolute Gasteiger partial charge is 0.246 e. The van der Waals surface area contributed by atoms with Crippen LogP contribution in [0.25, 0.3) is 0 Å². The predicted octanol–water partition coefficient (Wildman–Crippen LogP) is -0.908. The highest BCUT2D eigenvalue weighted by Gasteiger charge is 2.22. The van der Waals surface area contributed by atoms with Crippen molar-refractivity contribution in [3.63, 3.8) is 0 Å². The van der Waals surface area contributed by atoms with Gasteiger partial charge in [-0.2, -0.15) is 0 Å². The molecule has 0 aromatic rings. The number of rotatable bonds is 4. The number of carbonyl (C=O) groups is 1. The molecule has 0 aromatic carbocycles. The third-order valence-corrected chi connectivity index (χ3v) is 1.79. The van der Waals surface area contributed by atoms with E-state index < -0.39 is 0 Å². The van der Waals surface area contributed by atoms with Crippen molar-refractivity contribution in [2.45, 2.75) is 12.8 Å². The maximum Gasteiger partial charge on any atom is 0.246 e. The largest absolute Gasteiger partial charge is 0.334 e. The second-order valence-electron chi connectivity index (χ2n) is 2.81. The number of hydrogen-bond acceptors (Lipinski definition) is 3. The molecule has 12 heavy (non-hydrogen) atoms. The van der Waals surface area contributed by atoms with Gasteiger partial charge in [-0.25, -0.2) is 0 Å². The van der Waals surface area contributed by atoms with Crippen LogP contribution in [-0.2, 0) is 4.79 Å². The lowest BCUT2D eigenvalue weighted by Crippen LogP contribution is -2.30. The maximum absolute atomic E-state index is 10.8. The molecule has 0 aromatic heterocycles. The molecule has 68 valence electrons. The molecule has 0 atom stereocenters. The van der Waals surface area contributed by atoms with Crippen molar-refractivity contribution < 1.29 is 4.79 Å². The second kappa shape index (κ2) is 4.06. The molecule has 5 nitrogen and oxygen atoms in total. The van der Waals surface area contributed by atoms with Crippen molar-refractivity contribution in [2.75, 3.05) is 19.6 Å². The van der Waals surface area contributed by atoms with Crippen LogP contribution < -0.4 is 11.1 Å². The van der Waals surface area contributed by atoms with Crippen LogP contribution in [0.4, 0.5) is 0 Å². The minimum atomic E-state index is -0.0900. The molecule has 0 aliphatic carbocycles. The summed E-state index contributed by atoms with van der Waals surface area (Å²) in [6.45, 7) is 1.74. The third kappa shape index (κ3) is 2.20. The monoisotopic (exact) mass is 170 g/mol. The van der Waals surface area contributed by atoms with Gasteiger partial charge in [0.1, 0.15) is 6.54 Å². The lowest BCUT2D eigenvalue weighted by molar-refractivity contribution is -0.118. The highest BCUT2D eigenvalue weighted by molar-refractivity contribution is 6.02. The average molecular weight is 170 g/mol. The molecule has 1 fully saturated rings. The molecule has 0 saturated carbocycles. The lowest BCUT2D eigenvalue weighted by atomic mass is 10.3. The Balaban J connectivity index is 2.24. The Morgan fingerprint density at radius 3 is 2.83 bits per heavy atom. The van der Waals surface area contributed by atoms with Crippen LogP contribution >= 0.6 is 0 Å². The van der Waals surface area contributed by atoms with Gasteiger partial charge in [-0.1, -0.05) is 0 Å². The van der Waals surface area contributed by atoms with Gasteiger partial charge < -0.3 is 10.6 Å². The quantitative estimate of drug-likeness (QED) is 0.478. The summed E-state index contributed by atoms with van der Waals surface area (Å²) in [6.07, 6.45) is 1.88. The van der Waals surface area contributed by atoms with Crippen LogP contribution in [0.3, 0.4) is 0 Å². The zero-order valence-electron chi connectivity index (χ0n) is 6.97. The van der Waals surface area contributed by atoms with Crippen LogP contribution in [0.1, 0.15) is 12.8 Å². The Labute approximate surface area is 71.4 Å². The number of amides is 1. The molecular formula is C7H14N4O. The maximum atomic E-state index is 10.8. The van der Waals surface area contributed by atoms with E-state index in [-0.39, 0.29) is 11.9 Å². The van der Waals surface area contributed by atoms with Crippen LogP contribution in [0.5, 0.6) is 0 Å². The molecule has 0 unspecified atom stereocenters. The van der Waals surface area contributed by atoms with E-state index >= 15 is 0 Å². The summed E-state index contributed by atoms with van der Waals surface area (Å²) in [4.78, 5) is 12.5. The number of guanidine groups is 1. The van der Waals surface area contributed by atoms with Gasteiger partial charge in [-0.3, -0.25) is 15.5 Å². The summed E-state index contributed by atoms with van der Waals surface area (Å²) < 4.78 is 0. The fraction of sp³-hybridized carbons (Fsp3) is 0.714. The average Bonchev–Trinajstić information content (AvgIpc) is 2.31. The highest BCUT2D eigenvalue weighted by atomic mass is 16.2. The minimum absolute atomic E-state index is 0.0900. The van der Waals surface area contributed by atoms with Crippen molar-refractivity contribution in [2.24, 2.45) is 5.73 Å². The van der Waals surface area contributed by atoms with Gasteiger partial charge >= 0.3 is 0 Å². The number of hydrogen-bond donors (Lipinski definition) is 3. The molecule has 0 bridgehead atoms. The summed E-state index contributed by atoms with van der Waals surface area (Å²) in [5.41, 5.74) is 5.32. The van der Waals surface area contributed by atoms with E-state index in [2.05, 4.69) is 5.32 Å². The summed E-state index contributed by atoms with van der Waals surface area (Å²) in [5.74, 6) is 0.129. The van der Waals surface area contributed by atoms with Crippen molar-refractivity contribution in [3.05, 3.63) is 0 Å². The van der Waals surface area contributed by atoms with E-state index in [0.717, 1.165) is 19.4 Å². The second-order valence-corrected chi connectivity index (χ2v) is 2.81. The van der Waals surface area contributed by atoms with E-state index in [9.17, 15) is 4.79 Å². The first-order valence-electron chi connectivity index (χ1n) is 4.07. The Hall–Kier alpha value is -1.10. The summed E-state index contributed by atoms with van der Waals surface area (Å²) >= 11 is 0. The van der Waals surface area contributed by atoms with Gasteiger partial charge in [-0.05, 0) is 19.4 Å². The minimum Gasteiger partial charge on any atom is -0.334 e. The Morgan fingerprint density at radius 1 is 1.58 bits per heavy atom. The highest BCUT2D eigenvalue weighted by Crippen LogP contribution is 1.99. The van der Waals surface area contributed by atoms with E-state index in [4.69, 9.17) is 11.1 Å². The molecule has 4 N–H and O–H groups in total. The van der Waals surface area contributed by atoms with E-state index in [1.165, 1.54) is 0 Å². The van der Waals surface area contributed by atoms with Gasteiger partial charge in [0.25, 0.3) is 0 Å². The molecule has 1 heterocycles. The molecule has 1 rings (SSSR count). The lowest BCUT2D eigenvalue weighted by Gasteiger charge is -2.13. The molecule has 1 saturated heterocycles. The van der Waals surface area contributed by atoms with Crippen molar-refractivity contribution >= 4 is 11.9 Å². The standard InChI is InChI=1S/C7H14N4O/c8-3-1-2-4-11-5-6(12)10-7(11)9/h1-5,8H2,(H2,9,10,12). The van der Waals surface area contributed by atoms with Gasteiger partial charge in [-0.15, -0.1) is 0 Å². The Morgan fingerprint density at radius 2 is 2.33 bits per heavy atom. The first-order chi connectivity index (χ1) is 5.74. The van der Waals surface area contributed by atoms with Crippen molar-refractivity contribution in [3.8, 4) is 0 Å². The van der Waals surface area contributed by atoms with Gasteiger partial charge in [0, 0.05) is 6.54 Å². The van der Waals surface area contributed by atoms with E-state index in [1.54, 1.807) is 4.90 Å². The van der Waals surface area contributed by atoms with Gasteiger partial charge in [0.2, 0.25) is 5.91 Å². The molecule has 5 heteroatoms. The normalized spacial score (nSPS) is 16.9. The predicted molar refractivity (Wildman–Crippen MR) is 45.7 cm³/mol. The summed E-state index contributed by atoms with van der Waals surface area (Å²) in [5, 5.41) is 9.77. The number of nitrogens with two attached hydrogens (primary N) is 1. The van der Waals surface area contributed by atoms with Crippen LogP contribution in [0.2, 0.25) is 0 Å². The Kier molecular flexibility index (Phi) is 3.04. The molecule has 0 spiro atoms. The zero-order valence-corrected chi connectivity index (χ0v) is 6.97. The number of carbonyl (C=O) groups excluding carboxylic acids is 1. The molecule has 1 aliphatic heterocycles. The van der Waals surface area contributed by atoms with Crippen LogP contribution in [0.15, 0.2) is 0 Å². The fourth-order valence-corrected chi connectivity index (χ4v) is 1.14. The molecular weight excluding hydrogens is 156 g/mol. The van der Waals surface area contributed by atoms with E-state index in [0.29, 0.717) is 13.1 Å². The number of nitrogens with one attached hydrogen (secondary N) is 2. The van der Waals surface area contributed by atoms with E-state index in [1.807, 2.05) is 0 Å². The molecule has 0 radical (unpaired) electrons. The first-order valence-corrected chi connectivity index (χ1v) is 4.07. The SMILES string of the molecule is N=C1NC(=O)CN1CCCCN. The summed E-state index contributed by atoms with van der Waals surface area (Å²) in [7, 11) is 0. The molecule has 1 aliphatic rings. The fourth-order valence-electron chi connectivity index (χ4n) is 1.14. The van der Waals surface area contributed by atoms with Gasteiger partial charge in [0.15, 0.2) is 5.96 Å². The third-order valence-electron chi connectivity index (χ3n) is 1.79. The van der Waals surface area contributed by atoms with Crippen LogP contribution in [-0.4, -0.2) is 36.4 Å². The topological polar surface area (TPSA) is 82.2 Å². The van der Waals surface area contributed by atoms with Crippen molar-refractivity contribution in [1.29, 1.82) is 5.41 Å². The summed E-state index contributed by atoms with van der Waals surface area (Å²) in [6, 6.07) is 0. The zero-order chi connectivity index (χ0) is 8.97.